The van der Waals surface area contributed by atoms with Gasteiger partial charge in [-0.25, -0.2) is 9.97 Å². The number of nitrogens with zero attached hydrogens (tertiary/aromatic N) is 2. The Hall–Kier alpha value is -0.960. The van der Waals surface area contributed by atoms with Crippen LogP contribution in [-0.4, -0.2) is 9.97 Å². The molecule has 1 unspecified atom stereocenters. The Labute approximate surface area is 79.4 Å². The van der Waals surface area contributed by atoms with Crippen molar-refractivity contribution in [1.82, 2.24) is 9.97 Å². The van der Waals surface area contributed by atoms with E-state index < -0.39 is 0 Å². The van der Waals surface area contributed by atoms with Crippen LogP contribution < -0.4 is 5.73 Å². The Morgan fingerprint density at radius 3 is 2.62 bits per heavy atom. The van der Waals surface area contributed by atoms with Crippen molar-refractivity contribution in [2.75, 3.05) is 0 Å². The lowest BCUT2D eigenvalue weighted by Crippen LogP contribution is -2.19. The second-order valence-corrected chi connectivity index (χ2v) is 4.51. The van der Waals surface area contributed by atoms with Crippen molar-refractivity contribution in [2.24, 2.45) is 11.1 Å². The first-order valence-electron chi connectivity index (χ1n) is 4.50. The van der Waals surface area contributed by atoms with Crippen LogP contribution in [0.1, 0.15) is 38.9 Å². The van der Waals surface area contributed by atoms with Gasteiger partial charge in [-0.05, 0) is 17.9 Å². The van der Waals surface area contributed by atoms with Gasteiger partial charge in [-0.2, -0.15) is 0 Å². The van der Waals surface area contributed by atoms with Crippen molar-refractivity contribution in [1.29, 1.82) is 0 Å². The van der Waals surface area contributed by atoms with Crippen molar-refractivity contribution in [3.05, 3.63) is 24.3 Å². The fourth-order valence-electron chi connectivity index (χ4n) is 1.28. The zero-order chi connectivity index (χ0) is 9.90. The van der Waals surface area contributed by atoms with E-state index in [0.717, 1.165) is 12.1 Å². The van der Waals surface area contributed by atoms with Crippen LogP contribution in [0.4, 0.5) is 0 Å². The van der Waals surface area contributed by atoms with E-state index in [2.05, 4.69) is 30.7 Å². The van der Waals surface area contributed by atoms with Gasteiger partial charge >= 0.3 is 0 Å². The predicted molar refractivity (Wildman–Crippen MR) is 53.0 cm³/mol. The van der Waals surface area contributed by atoms with Gasteiger partial charge in [0.2, 0.25) is 0 Å². The standard InChI is InChI=1S/C10H17N3/c1-10(2,3)6-8(11)9-4-5-12-7-13-9/h4-5,7-8H,6,11H2,1-3H3. The Kier molecular flexibility index (Phi) is 2.98. The summed E-state index contributed by atoms with van der Waals surface area (Å²) in [6.45, 7) is 6.52. The van der Waals surface area contributed by atoms with Crippen LogP contribution in [0.15, 0.2) is 18.6 Å². The van der Waals surface area contributed by atoms with Gasteiger partial charge in [0.15, 0.2) is 0 Å². The van der Waals surface area contributed by atoms with E-state index in [9.17, 15) is 0 Å². The molecule has 0 aliphatic heterocycles. The summed E-state index contributed by atoms with van der Waals surface area (Å²) in [5, 5.41) is 0. The van der Waals surface area contributed by atoms with Crippen molar-refractivity contribution in [3.8, 4) is 0 Å². The minimum atomic E-state index is 0.0167. The molecule has 0 saturated heterocycles. The normalized spacial score (nSPS) is 14.2. The summed E-state index contributed by atoms with van der Waals surface area (Å²) in [5.74, 6) is 0. The number of rotatable bonds is 2. The monoisotopic (exact) mass is 179 g/mol. The highest BCUT2D eigenvalue weighted by Gasteiger charge is 2.17. The molecule has 72 valence electrons. The maximum atomic E-state index is 5.99. The molecular weight excluding hydrogens is 162 g/mol. The molecule has 0 spiro atoms. The zero-order valence-electron chi connectivity index (χ0n) is 8.49. The van der Waals surface area contributed by atoms with Gasteiger partial charge in [-0.3, -0.25) is 0 Å². The fourth-order valence-corrected chi connectivity index (χ4v) is 1.28. The minimum Gasteiger partial charge on any atom is -0.323 e. The highest BCUT2D eigenvalue weighted by molar-refractivity contribution is 5.04. The SMILES string of the molecule is CC(C)(C)CC(N)c1ccncn1. The molecule has 3 heteroatoms. The third-order valence-corrected chi connectivity index (χ3v) is 1.82. The summed E-state index contributed by atoms with van der Waals surface area (Å²) in [5.41, 5.74) is 7.15. The summed E-state index contributed by atoms with van der Waals surface area (Å²) >= 11 is 0. The molecule has 0 radical (unpaired) electrons. The van der Waals surface area contributed by atoms with Gasteiger partial charge < -0.3 is 5.73 Å². The maximum absolute atomic E-state index is 5.99. The van der Waals surface area contributed by atoms with Gasteiger partial charge in [-0.1, -0.05) is 20.8 Å². The zero-order valence-corrected chi connectivity index (χ0v) is 8.49. The first-order chi connectivity index (χ1) is 5.99. The lowest BCUT2D eigenvalue weighted by molar-refractivity contribution is 0.340. The van der Waals surface area contributed by atoms with E-state index in [-0.39, 0.29) is 11.5 Å². The number of aromatic nitrogens is 2. The molecule has 0 amide bonds. The molecule has 13 heavy (non-hydrogen) atoms. The van der Waals surface area contributed by atoms with E-state index in [1.165, 1.54) is 6.33 Å². The van der Waals surface area contributed by atoms with E-state index in [4.69, 9.17) is 5.73 Å². The lowest BCUT2D eigenvalue weighted by Gasteiger charge is -2.22. The molecule has 0 aliphatic rings. The van der Waals surface area contributed by atoms with Crippen molar-refractivity contribution in [2.45, 2.75) is 33.2 Å². The molecule has 0 saturated carbocycles. The molecule has 0 bridgehead atoms. The summed E-state index contributed by atoms with van der Waals surface area (Å²) in [6, 6.07) is 1.89. The number of hydrogen-bond acceptors (Lipinski definition) is 3. The third-order valence-electron chi connectivity index (χ3n) is 1.82. The number of hydrogen-bond donors (Lipinski definition) is 1. The summed E-state index contributed by atoms with van der Waals surface area (Å²) in [7, 11) is 0. The van der Waals surface area contributed by atoms with Gasteiger partial charge in [0.1, 0.15) is 6.33 Å². The van der Waals surface area contributed by atoms with Crippen LogP contribution in [-0.2, 0) is 0 Å². The van der Waals surface area contributed by atoms with E-state index in [0.29, 0.717) is 0 Å². The molecule has 0 fully saturated rings. The molecule has 1 atom stereocenters. The van der Waals surface area contributed by atoms with Crippen LogP contribution in [0.5, 0.6) is 0 Å². The summed E-state index contributed by atoms with van der Waals surface area (Å²) < 4.78 is 0. The first-order valence-corrected chi connectivity index (χ1v) is 4.50. The topological polar surface area (TPSA) is 51.8 Å². The molecule has 0 aromatic carbocycles. The molecule has 1 rings (SSSR count). The Bertz CT molecular complexity index is 251. The quantitative estimate of drug-likeness (QED) is 0.754. The molecule has 2 N–H and O–H groups in total. The number of nitrogens with two attached hydrogens (primary N) is 1. The van der Waals surface area contributed by atoms with Crippen molar-refractivity contribution in [3.63, 3.8) is 0 Å². The van der Waals surface area contributed by atoms with Crippen LogP contribution in [0.3, 0.4) is 0 Å². The highest BCUT2D eigenvalue weighted by atomic mass is 14.8. The molecule has 1 heterocycles. The predicted octanol–water partition coefficient (Wildman–Crippen LogP) is 1.91. The van der Waals surface area contributed by atoms with Gasteiger partial charge in [0, 0.05) is 12.2 Å². The van der Waals surface area contributed by atoms with Gasteiger partial charge in [-0.15, -0.1) is 0 Å². The average Bonchev–Trinajstić information content (AvgIpc) is 2.03. The van der Waals surface area contributed by atoms with E-state index in [1.807, 2.05) is 6.07 Å². The second kappa shape index (κ2) is 3.83. The lowest BCUT2D eigenvalue weighted by atomic mass is 9.87. The van der Waals surface area contributed by atoms with E-state index >= 15 is 0 Å². The average molecular weight is 179 g/mol. The molecule has 0 aliphatic carbocycles. The van der Waals surface area contributed by atoms with Crippen LogP contribution in [0.25, 0.3) is 0 Å². The van der Waals surface area contributed by atoms with Crippen LogP contribution >= 0.6 is 0 Å². The molecular formula is C10H17N3. The Morgan fingerprint density at radius 2 is 2.15 bits per heavy atom. The molecule has 1 aromatic rings. The fraction of sp³-hybridized carbons (Fsp3) is 0.600. The van der Waals surface area contributed by atoms with Gasteiger partial charge in [0.25, 0.3) is 0 Å². The largest absolute Gasteiger partial charge is 0.323 e. The molecule has 3 nitrogen and oxygen atoms in total. The third kappa shape index (κ3) is 3.51. The van der Waals surface area contributed by atoms with Crippen LogP contribution in [0, 0.1) is 5.41 Å². The first kappa shape index (κ1) is 10.1. The molecule has 1 aromatic heterocycles. The second-order valence-electron chi connectivity index (χ2n) is 4.51. The highest BCUT2D eigenvalue weighted by Crippen LogP contribution is 2.26. The van der Waals surface area contributed by atoms with Gasteiger partial charge in [0.05, 0.1) is 5.69 Å². The van der Waals surface area contributed by atoms with Crippen molar-refractivity contribution >= 4 is 0 Å². The maximum Gasteiger partial charge on any atom is 0.115 e. The summed E-state index contributed by atoms with van der Waals surface area (Å²) in [6.07, 6.45) is 4.20. The minimum absolute atomic E-state index is 0.0167. The Morgan fingerprint density at radius 1 is 1.46 bits per heavy atom. The summed E-state index contributed by atoms with van der Waals surface area (Å²) in [4.78, 5) is 7.98. The van der Waals surface area contributed by atoms with Crippen LogP contribution in [0.2, 0.25) is 0 Å². The van der Waals surface area contributed by atoms with Crippen molar-refractivity contribution < 1.29 is 0 Å². The van der Waals surface area contributed by atoms with E-state index in [1.54, 1.807) is 6.20 Å². The Balaban J connectivity index is 2.64. The smallest absolute Gasteiger partial charge is 0.115 e.